The molecule has 4 rings (SSSR count). The molecule has 2 aliphatic heterocycles. The topological polar surface area (TPSA) is 83.2 Å². The minimum atomic E-state index is -0.114. The van der Waals surface area contributed by atoms with E-state index in [0.29, 0.717) is 23.8 Å². The molecular formula is C23H29N5O2. The zero-order valence-electron chi connectivity index (χ0n) is 17.8. The van der Waals surface area contributed by atoms with Crippen LogP contribution in [0.5, 0.6) is 5.75 Å². The molecule has 1 N–H and O–H groups in total. The Bertz CT molecular complexity index is 963. The fraction of sp³-hybridized carbons (Fsp3) is 0.522. The van der Waals surface area contributed by atoms with Gasteiger partial charge in [0.2, 0.25) is 0 Å². The summed E-state index contributed by atoms with van der Waals surface area (Å²) < 4.78 is 7.88. The van der Waals surface area contributed by atoms with Crippen molar-refractivity contribution in [1.29, 1.82) is 5.26 Å². The highest BCUT2D eigenvalue weighted by atomic mass is 16.5. The van der Waals surface area contributed by atoms with Gasteiger partial charge in [0.05, 0.1) is 24.9 Å². The molecule has 2 bridgehead atoms. The number of rotatable bonds is 7. The van der Waals surface area contributed by atoms with Crippen LogP contribution in [-0.2, 0) is 7.05 Å². The van der Waals surface area contributed by atoms with Crippen molar-refractivity contribution in [3.05, 3.63) is 36.2 Å². The molecule has 7 nitrogen and oxygen atoms in total. The van der Waals surface area contributed by atoms with Crippen molar-refractivity contribution in [1.82, 2.24) is 20.0 Å². The normalized spacial score (nSPS) is 23.3. The number of nitrogens with zero attached hydrogens (tertiary/aromatic N) is 4. The third-order valence-electron chi connectivity index (χ3n) is 6.45. The second kappa shape index (κ2) is 8.39. The number of hydrogen-bond donors (Lipinski definition) is 1. The molecular weight excluding hydrogens is 378 g/mol. The van der Waals surface area contributed by atoms with Crippen molar-refractivity contribution < 1.29 is 9.53 Å². The van der Waals surface area contributed by atoms with Gasteiger partial charge in [0.25, 0.3) is 5.91 Å². The van der Waals surface area contributed by atoms with Crippen molar-refractivity contribution in [3.63, 3.8) is 0 Å². The number of aromatic nitrogens is 2. The summed E-state index contributed by atoms with van der Waals surface area (Å²) >= 11 is 0. The van der Waals surface area contributed by atoms with E-state index in [1.807, 2.05) is 36.3 Å². The second-order valence-corrected chi connectivity index (χ2v) is 8.56. The number of amides is 1. The van der Waals surface area contributed by atoms with Crippen LogP contribution in [0.4, 0.5) is 0 Å². The molecule has 3 heterocycles. The number of nitriles is 1. The van der Waals surface area contributed by atoms with Crippen LogP contribution in [0.25, 0.3) is 11.1 Å². The minimum absolute atomic E-state index is 0.0263. The third-order valence-corrected chi connectivity index (χ3v) is 6.45. The van der Waals surface area contributed by atoms with Gasteiger partial charge in [-0.15, -0.1) is 0 Å². The predicted octanol–water partition coefficient (Wildman–Crippen LogP) is 3.33. The van der Waals surface area contributed by atoms with Crippen LogP contribution in [0.3, 0.4) is 0 Å². The molecule has 30 heavy (non-hydrogen) atoms. The smallest absolute Gasteiger partial charge is 0.251 e. The molecule has 4 atom stereocenters. The van der Waals surface area contributed by atoms with Gasteiger partial charge in [-0.25, -0.2) is 0 Å². The molecule has 1 aromatic heterocycles. The molecule has 7 heteroatoms. The Morgan fingerprint density at radius 2 is 2.27 bits per heavy atom. The number of nitrogens with one attached hydrogen (secondary N) is 1. The maximum Gasteiger partial charge on any atom is 0.251 e. The highest BCUT2D eigenvalue weighted by Gasteiger charge is 2.46. The Hall–Kier alpha value is -3.01. The van der Waals surface area contributed by atoms with E-state index >= 15 is 0 Å². The molecule has 1 unspecified atom stereocenters. The molecule has 2 fully saturated rings. The summed E-state index contributed by atoms with van der Waals surface area (Å²) in [6.45, 7) is 4.88. The van der Waals surface area contributed by atoms with Gasteiger partial charge in [-0.2, -0.15) is 10.4 Å². The van der Waals surface area contributed by atoms with E-state index in [4.69, 9.17) is 4.74 Å². The standard InChI is InChI=1S/C23H29N5O2/c1-4-15(2)13-30-22-9-16(5-7-19(22)17-11-25-27(3)12-17)23(29)26-20-10-18-6-8-21(20)28(18)14-24/h5,7,9,11-12,15,18,20-21H,4,6,8,10,13H2,1-3H3,(H,26,29)/t15?,18-,20+,21+/m0/s1. The Balaban J connectivity index is 1.54. The Labute approximate surface area is 177 Å². The molecule has 0 radical (unpaired) electrons. The monoisotopic (exact) mass is 407 g/mol. The van der Waals surface area contributed by atoms with E-state index in [2.05, 4.69) is 30.5 Å². The molecule has 2 saturated heterocycles. The van der Waals surface area contributed by atoms with Gasteiger partial charge in [0.15, 0.2) is 6.19 Å². The zero-order chi connectivity index (χ0) is 21.3. The third kappa shape index (κ3) is 3.87. The van der Waals surface area contributed by atoms with Gasteiger partial charge in [-0.1, -0.05) is 20.3 Å². The van der Waals surface area contributed by atoms with Crippen molar-refractivity contribution in [2.45, 2.75) is 57.7 Å². The molecule has 2 aromatic rings. The number of hydrogen-bond acceptors (Lipinski definition) is 5. The van der Waals surface area contributed by atoms with Crippen LogP contribution in [0, 0.1) is 17.4 Å². The quantitative estimate of drug-likeness (QED) is 0.712. The Kier molecular flexibility index (Phi) is 5.67. The van der Waals surface area contributed by atoms with E-state index in [1.54, 1.807) is 10.9 Å². The van der Waals surface area contributed by atoms with Gasteiger partial charge in [-0.3, -0.25) is 9.48 Å². The summed E-state index contributed by atoms with van der Waals surface area (Å²) in [6.07, 6.45) is 9.91. The van der Waals surface area contributed by atoms with Crippen molar-refractivity contribution in [2.24, 2.45) is 13.0 Å². The largest absolute Gasteiger partial charge is 0.493 e. The second-order valence-electron chi connectivity index (χ2n) is 8.56. The average molecular weight is 408 g/mol. The lowest BCUT2D eigenvalue weighted by atomic mass is 9.95. The first kappa shape index (κ1) is 20.3. The van der Waals surface area contributed by atoms with Gasteiger partial charge in [0.1, 0.15) is 5.75 Å². The van der Waals surface area contributed by atoms with Crippen molar-refractivity contribution in [3.8, 4) is 23.1 Å². The maximum absolute atomic E-state index is 13.0. The van der Waals surface area contributed by atoms with Crippen LogP contribution in [-0.4, -0.2) is 45.3 Å². The molecule has 158 valence electrons. The average Bonchev–Trinajstić information content (AvgIpc) is 3.45. The van der Waals surface area contributed by atoms with E-state index in [-0.39, 0.29) is 24.0 Å². The van der Waals surface area contributed by atoms with Gasteiger partial charge >= 0.3 is 0 Å². The summed E-state index contributed by atoms with van der Waals surface area (Å²) in [7, 11) is 1.88. The maximum atomic E-state index is 13.0. The van der Waals surface area contributed by atoms with Gasteiger partial charge < -0.3 is 15.0 Å². The van der Waals surface area contributed by atoms with E-state index in [9.17, 15) is 10.1 Å². The lowest BCUT2D eigenvalue weighted by Gasteiger charge is -2.22. The Morgan fingerprint density at radius 3 is 2.93 bits per heavy atom. The first-order chi connectivity index (χ1) is 14.5. The summed E-state index contributed by atoms with van der Waals surface area (Å²) in [5, 5.41) is 16.8. The number of benzene rings is 1. The van der Waals surface area contributed by atoms with Crippen LogP contribution < -0.4 is 10.1 Å². The fourth-order valence-corrected chi connectivity index (χ4v) is 4.48. The van der Waals surface area contributed by atoms with E-state index in [1.165, 1.54) is 0 Å². The molecule has 2 aliphatic rings. The zero-order valence-corrected chi connectivity index (χ0v) is 17.8. The number of carbonyl (C=O) groups is 1. The predicted molar refractivity (Wildman–Crippen MR) is 114 cm³/mol. The summed E-state index contributed by atoms with van der Waals surface area (Å²) in [4.78, 5) is 14.8. The van der Waals surface area contributed by atoms with Crippen LogP contribution >= 0.6 is 0 Å². The van der Waals surface area contributed by atoms with Crippen LogP contribution in [0.1, 0.15) is 49.9 Å². The summed E-state index contributed by atoms with van der Waals surface area (Å²) in [5.41, 5.74) is 2.47. The summed E-state index contributed by atoms with van der Waals surface area (Å²) in [6, 6.07) is 6.02. The highest BCUT2D eigenvalue weighted by Crippen LogP contribution is 2.37. The fourth-order valence-electron chi connectivity index (χ4n) is 4.48. The number of ether oxygens (including phenoxy) is 1. The van der Waals surface area contributed by atoms with Crippen molar-refractivity contribution in [2.75, 3.05) is 6.61 Å². The highest BCUT2D eigenvalue weighted by molar-refractivity contribution is 5.96. The number of fused-ring (bicyclic) bond motifs is 2. The van der Waals surface area contributed by atoms with Gasteiger partial charge in [0, 0.05) is 36.0 Å². The van der Waals surface area contributed by atoms with Crippen LogP contribution in [0.2, 0.25) is 0 Å². The van der Waals surface area contributed by atoms with Crippen molar-refractivity contribution >= 4 is 5.91 Å². The lowest BCUT2D eigenvalue weighted by molar-refractivity contribution is 0.0928. The first-order valence-corrected chi connectivity index (χ1v) is 10.7. The number of aryl methyl sites for hydroxylation is 1. The molecule has 0 spiro atoms. The SMILES string of the molecule is CCC(C)COc1cc(C(=O)N[C@@H]2C[C@@H]3CC[C@H]2N3C#N)ccc1-c1cnn(C)c1. The van der Waals surface area contributed by atoms with E-state index < -0.39 is 0 Å². The lowest BCUT2D eigenvalue weighted by Crippen LogP contribution is -2.43. The van der Waals surface area contributed by atoms with E-state index in [0.717, 1.165) is 36.8 Å². The first-order valence-electron chi connectivity index (χ1n) is 10.7. The molecule has 0 saturated carbocycles. The molecule has 0 aliphatic carbocycles. The van der Waals surface area contributed by atoms with Gasteiger partial charge in [-0.05, 0) is 43.4 Å². The Morgan fingerprint density at radius 1 is 1.43 bits per heavy atom. The summed E-state index contributed by atoms with van der Waals surface area (Å²) in [5.74, 6) is 1.01. The van der Waals surface area contributed by atoms with Crippen LogP contribution in [0.15, 0.2) is 30.6 Å². The molecule has 1 amide bonds. The number of carbonyl (C=O) groups excluding carboxylic acids is 1. The minimum Gasteiger partial charge on any atom is -0.493 e. The molecule has 1 aromatic carbocycles.